The molecule has 29 heavy (non-hydrogen) atoms. The maximum Gasteiger partial charge on any atom is 0.266 e. The Bertz CT molecular complexity index is 834. The van der Waals surface area contributed by atoms with Crippen molar-refractivity contribution < 1.29 is 19.5 Å². The first-order valence-corrected chi connectivity index (χ1v) is 10.8. The number of rotatable bonds is 7. The summed E-state index contributed by atoms with van der Waals surface area (Å²) in [7, 11) is 1.67. The summed E-state index contributed by atoms with van der Waals surface area (Å²) in [6.07, 6.45) is 6.77. The van der Waals surface area contributed by atoms with Gasteiger partial charge in [-0.3, -0.25) is 19.7 Å². The maximum atomic E-state index is 13.5. The standard InChI is InChI=1S/C22H28N2O4S/c1-14(2)12-18(21(25)23-27)24-17-6-4-5-7-19(17)29-20(22(24)26)13-15-8-10-16(28-3)11-9-15/h4-8,10,14,18,20,27H,9,11-13H2,1-3H3,(H,23,25)/t18-,20?/m0/s1. The SMILES string of the molecule is COC1=CC=C(CC2Sc3ccccc3N([C@@H](CC(C)C)C(=O)NO)C2=O)CC1. The molecule has 0 radical (unpaired) electrons. The number of hydrogen-bond donors (Lipinski definition) is 2. The second kappa shape index (κ2) is 9.50. The van der Waals surface area contributed by atoms with Gasteiger partial charge in [0.05, 0.1) is 23.8 Å². The molecule has 0 saturated heterocycles. The van der Waals surface area contributed by atoms with Crippen LogP contribution in [-0.4, -0.2) is 35.4 Å². The zero-order chi connectivity index (χ0) is 21.0. The Labute approximate surface area is 175 Å². The second-order valence-electron chi connectivity index (χ2n) is 7.77. The van der Waals surface area contributed by atoms with Crippen molar-refractivity contribution in [1.29, 1.82) is 0 Å². The predicted octanol–water partition coefficient (Wildman–Crippen LogP) is 4.05. The van der Waals surface area contributed by atoms with Crippen LogP contribution in [0.5, 0.6) is 0 Å². The van der Waals surface area contributed by atoms with Gasteiger partial charge in [0.1, 0.15) is 6.04 Å². The summed E-state index contributed by atoms with van der Waals surface area (Å²) in [5, 5.41) is 8.98. The summed E-state index contributed by atoms with van der Waals surface area (Å²) in [6, 6.07) is 6.89. The molecule has 0 aromatic heterocycles. The number of nitrogens with zero attached hydrogens (tertiary/aromatic N) is 1. The van der Waals surface area contributed by atoms with Gasteiger partial charge >= 0.3 is 0 Å². The molecule has 2 N–H and O–H groups in total. The first-order chi connectivity index (χ1) is 13.9. The summed E-state index contributed by atoms with van der Waals surface area (Å²) in [6.45, 7) is 3.99. The van der Waals surface area contributed by atoms with Crippen molar-refractivity contribution in [1.82, 2.24) is 5.48 Å². The van der Waals surface area contributed by atoms with E-state index >= 15 is 0 Å². The van der Waals surface area contributed by atoms with E-state index in [0.717, 1.165) is 29.2 Å². The molecule has 0 fully saturated rings. The lowest BCUT2D eigenvalue weighted by Gasteiger charge is -2.38. The monoisotopic (exact) mass is 416 g/mol. The van der Waals surface area contributed by atoms with Crippen molar-refractivity contribution in [2.75, 3.05) is 12.0 Å². The largest absolute Gasteiger partial charge is 0.501 e. The number of carbonyl (C=O) groups excluding carboxylic acids is 2. The molecule has 1 aliphatic carbocycles. The number of fused-ring (bicyclic) bond motifs is 1. The Kier molecular flexibility index (Phi) is 7.03. The van der Waals surface area contributed by atoms with Gasteiger partial charge in [0.25, 0.3) is 5.91 Å². The van der Waals surface area contributed by atoms with Gasteiger partial charge in [0.2, 0.25) is 5.91 Å². The zero-order valence-corrected chi connectivity index (χ0v) is 17.9. The summed E-state index contributed by atoms with van der Waals surface area (Å²) in [4.78, 5) is 28.5. The molecule has 6 nitrogen and oxygen atoms in total. The first kappa shape index (κ1) is 21.5. The number of methoxy groups -OCH3 is 1. The molecular weight excluding hydrogens is 388 g/mol. The minimum Gasteiger partial charge on any atom is -0.501 e. The molecule has 0 bridgehead atoms. The number of allylic oxidation sites excluding steroid dienone is 4. The van der Waals surface area contributed by atoms with Gasteiger partial charge in [0, 0.05) is 11.3 Å². The Hall–Kier alpha value is -2.25. The van der Waals surface area contributed by atoms with E-state index in [-0.39, 0.29) is 17.1 Å². The van der Waals surface area contributed by atoms with Crippen LogP contribution in [0.2, 0.25) is 0 Å². The lowest BCUT2D eigenvalue weighted by atomic mass is 9.97. The summed E-state index contributed by atoms with van der Waals surface area (Å²) in [5.74, 6) is 0.478. The fraction of sp³-hybridized carbons (Fsp3) is 0.455. The Balaban J connectivity index is 1.93. The highest BCUT2D eigenvalue weighted by molar-refractivity contribution is 8.01. The molecule has 1 aromatic rings. The lowest BCUT2D eigenvalue weighted by molar-refractivity contribution is -0.133. The number of amides is 2. The molecule has 0 spiro atoms. The van der Waals surface area contributed by atoms with Crippen LogP contribution in [0.15, 0.2) is 52.6 Å². The number of nitrogens with one attached hydrogen (secondary N) is 1. The smallest absolute Gasteiger partial charge is 0.266 e. The number of benzene rings is 1. The van der Waals surface area contributed by atoms with E-state index in [1.165, 1.54) is 5.57 Å². The quantitative estimate of drug-likeness (QED) is 0.518. The summed E-state index contributed by atoms with van der Waals surface area (Å²) < 4.78 is 5.29. The third-order valence-electron chi connectivity index (χ3n) is 5.23. The number of hydroxylamine groups is 1. The van der Waals surface area contributed by atoms with Crippen LogP contribution in [0.1, 0.15) is 39.5 Å². The van der Waals surface area contributed by atoms with Crippen molar-refractivity contribution in [2.45, 2.75) is 55.7 Å². The summed E-state index contributed by atoms with van der Waals surface area (Å²) >= 11 is 1.55. The zero-order valence-electron chi connectivity index (χ0n) is 17.1. The molecule has 7 heteroatoms. The Morgan fingerprint density at radius 2 is 2.07 bits per heavy atom. The van der Waals surface area contributed by atoms with E-state index in [1.807, 2.05) is 50.3 Å². The molecule has 2 amide bonds. The molecule has 1 heterocycles. The van der Waals surface area contributed by atoms with Crippen LogP contribution in [0.4, 0.5) is 5.69 Å². The fourth-order valence-corrected chi connectivity index (χ4v) is 5.04. The fourth-order valence-electron chi connectivity index (χ4n) is 3.77. The highest BCUT2D eigenvalue weighted by atomic mass is 32.2. The van der Waals surface area contributed by atoms with Crippen LogP contribution in [0.25, 0.3) is 0 Å². The van der Waals surface area contributed by atoms with Crippen LogP contribution in [0, 0.1) is 5.92 Å². The van der Waals surface area contributed by atoms with Crippen molar-refractivity contribution in [2.24, 2.45) is 5.92 Å². The average molecular weight is 417 g/mol. The molecule has 2 atom stereocenters. The lowest BCUT2D eigenvalue weighted by Crippen LogP contribution is -2.54. The molecule has 3 rings (SSSR count). The first-order valence-electron chi connectivity index (χ1n) is 9.89. The number of ether oxygens (including phenoxy) is 1. The number of thioether (sulfide) groups is 1. The van der Waals surface area contributed by atoms with Crippen LogP contribution in [0.3, 0.4) is 0 Å². The van der Waals surface area contributed by atoms with E-state index in [1.54, 1.807) is 29.3 Å². The molecule has 1 aliphatic heterocycles. The number of para-hydroxylation sites is 1. The molecule has 0 saturated carbocycles. The topological polar surface area (TPSA) is 78.9 Å². The van der Waals surface area contributed by atoms with Gasteiger partial charge in [-0.05, 0) is 43.4 Å². The second-order valence-corrected chi connectivity index (χ2v) is 9.01. The minimum atomic E-state index is -0.752. The molecule has 156 valence electrons. The molecule has 1 aromatic carbocycles. The number of carbonyl (C=O) groups is 2. The Morgan fingerprint density at radius 3 is 2.69 bits per heavy atom. The van der Waals surface area contributed by atoms with Crippen molar-refractivity contribution >= 4 is 29.3 Å². The minimum absolute atomic E-state index is 0.0923. The molecule has 1 unspecified atom stereocenters. The number of hydrogen-bond acceptors (Lipinski definition) is 5. The van der Waals surface area contributed by atoms with Crippen LogP contribution >= 0.6 is 11.8 Å². The molecular formula is C22H28N2O4S. The van der Waals surface area contributed by atoms with Gasteiger partial charge in [-0.25, -0.2) is 5.48 Å². The highest BCUT2D eigenvalue weighted by Gasteiger charge is 2.40. The van der Waals surface area contributed by atoms with E-state index in [9.17, 15) is 14.8 Å². The van der Waals surface area contributed by atoms with E-state index in [2.05, 4.69) is 0 Å². The third kappa shape index (κ3) is 4.85. The molecule has 2 aliphatic rings. The number of anilines is 1. The van der Waals surface area contributed by atoms with Gasteiger partial charge in [-0.1, -0.05) is 37.6 Å². The highest BCUT2D eigenvalue weighted by Crippen LogP contribution is 2.43. The van der Waals surface area contributed by atoms with Crippen molar-refractivity contribution in [3.05, 3.63) is 47.7 Å². The van der Waals surface area contributed by atoms with Crippen molar-refractivity contribution in [3.63, 3.8) is 0 Å². The van der Waals surface area contributed by atoms with Crippen molar-refractivity contribution in [3.8, 4) is 0 Å². The van der Waals surface area contributed by atoms with Gasteiger partial charge < -0.3 is 4.74 Å². The normalized spacial score (nSPS) is 20.0. The maximum absolute atomic E-state index is 13.5. The Morgan fingerprint density at radius 1 is 1.31 bits per heavy atom. The van der Waals surface area contributed by atoms with E-state index in [0.29, 0.717) is 12.8 Å². The predicted molar refractivity (Wildman–Crippen MR) is 114 cm³/mol. The van der Waals surface area contributed by atoms with Gasteiger partial charge in [-0.2, -0.15) is 0 Å². The van der Waals surface area contributed by atoms with Gasteiger partial charge in [-0.15, -0.1) is 11.8 Å². The van der Waals surface area contributed by atoms with Gasteiger partial charge in [0.15, 0.2) is 0 Å². The summed E-state index contributed by atoms with van der Waals surface area (Å²) in [5.41, 5.74) is 3.68. The van der Waals surface area contributed by atoms with E-state index in [4.69, 9.17) is 4.74 Å². The third-order valence-corrected chi connectivity index (χ3v) is 6.49. The van der Waals surface area contributed by atoms with Crippen LogP contribution < -0.4 is 10.4 Å². The average Bonchev–Trinajstić information content (AvgIpc) is 2.73. The van der Waals surface area contributed by atoms with Crippen LogP contribution in [-0.2, 0) is 14.3 Å². The van der Waals surface area contributed by atoms with E-state index < -0.39 is 11.9 Å².